The Kier molecular flexibility index (Phi) is 8.81. The molecular weight excluding hydrogens is 805 g/mol. The molecule has 10 aromatic carbocycles. The van der Waals surface area contributed by atoms with Crippen LogP contribution in [0.4, 0.5) is 34.1 Å². The van der Waals surface area contributed by atoms with Crippen molar-refractivity contribution in [3.05, 3.63) is 218 Å². The van der Waals surface area contributed by atoms with Gasteiger partial charge < -0.3 is 9.80 Å². The highest BCUT2D eigenvalue weighted by atomic mass is 28.3. The Labute approximate surface area is 378 Å². The van der Waals surface area contributed by atoms with Crippen LogP contribution in [0.15, 0.2) is 218 Å². The maximum Gasteiger partial charge on any atom is 0.117 e. The van der Waals surface area contributed by atoms with E-state index in [-0.39, 0.29) is 0 Å². The van der Waals surface area contributed by atoms with Crippen molar-refractivity contribution in [1.82, 2.24) is 0 Å². The lowest BCUT2D eigenvalue weighted by molar-refractivity contribution is 1.29. The van der Waals surface area contributed by atoms with Crippen LogP contribution in [0.25, 0.3) is 54.9 Å². The zero-order valence-corrected chi connectivity index (χ0v) is 38.7. The van der Waals surface area contributed by atoms with Gasteiger partial charge in [0, 0.05) is 34.1 Å². The fourth-order valence-electron chi connectivity index (χ4n) is 11.1. The molecule has 2 aliphatic rings. The minimum absolute atomic E-state index is 1.17. The van der Waals surface area contributed by atoms with Gasteiger partial charge >= 0.3 is 0 Å². The van der Waals surface area contributed by atoms with Gasteiger partial charge in [0.1, 0.15) is 16.1 Å². The van der Waals surface area contributed by atoms with Crippen LogP contribution in [0.5, 0.6) is 0 Å². The van der Waals surface area contributed by atoms with Crippen LogP contribution < -0.4 is 30.5 Å². The summed E-state index contributed by atoms with van der Waals surface area (Å²) in [5, 5.41) is 10.8. The molecule has 10 aromatic rings. The second-order valence-corrected chi connectivity index (χ2v) is 27.2. The third-order valence-electron chi connectivity index (χ3n) is 14.2. The van der Waals surface area contributed by atoms with Crippen LogP contribution in [0.3, 0.4) is 0 Å². The topological polar surface area (TPSA) is 6.48 Å². The molecule has 0 spiro atoms. The molecule has 64 heavy (non-hydrogen) atoms. The van der Waals surface area contributed by atoms with E-state index >= 15 is 0 Å². The molecule has 0 amide bonds. The molecule has 4 heteroatoms. The summed E-state index contributed by atoms with van der Waals surface area (Å²) in [6.07, 6.45) is 0. The normalized spacial score (nSPS) is 14.4. The lowest BCUT2D eigenvalue weighted by Crippen LogP contribution is -2.58. The van der Waals surface area contributed by atoms with E-state index in [1.54, 1.807) is 0 Å². The van der Waals surface area contributed by atoms with Gasteiger partial charge in [-0.1, -0.05) is 196 Å². The first-order chi connectivity index (χ1) is 31.3. The summed E-state index contributed by atoms with van der Waals surface area (Å²) in [6, 6.07) is 82.0. The molecule has 0 fully saturated rings. The number of anilines is 6. The highest BCUT2D eigenvalue weighted by Crippen LogP contribution is 2.49. The molecule has 2 heterocycles. The van der Waals surface area contributed by atoms with E-state index in [1.165, 1.54) is 110 Å². The first kappa shape index (κ1) is 38.4. The molecule has 0 aromatic heterocycles. The molecule has 0 saturated carbocycles. The highest BCUT2D eigenvalue weighted by Gasteiger charge is 2.40. The van der Waals surface area contributed by atoms with Crippen LogP contribution in [0.2, 0.25) is 26.2 Å². The van der Waals surface area contributed by atoms with Crippen LogP contribution in [-0.2, 0) is 0 Å². The van der Waals surface area contributed by atoms with E-state index in [9.17, 15) is 0 Å². The minimum atomic E-state index is -1.96. The summed E-state index contributed by atoms with van der Waals surface area (Å²) in [4.78, 5) is 5.05. The number of fused-ring (bicyclic) bond motifs is 6. The fraction of sp³-hybridized carbons (Fsp3) is 0.0667. The van der Waals surface area contributed by atoms with Crippen molar-refractivity contribution in [2.45, 2.75) is 26.2 Å². The summed E-state index contributed by atoms with van der Waals surface area (Å²) >= 11 is 0. The SMILES string of the molecule is C[Si]1(C)c2ccccc2N(c2ccc3c(-c4ccc(-c5ccccc5)cc4)c4cc(N5c6ccccc6[Si](C)(C)c6ccccc65)ccc4c(-c4ccccc4)c3c2)c2ccccc21. The van der Waals surface area contributed by atoms with Crippen LogP contribution in [-0.4, -0.2) is 16.1 Å². The van der Waals surface area contributed by atoms with Crippen LogP contribution in [0.1, 0.15) is 0 Å². The number of nitrogens with zero attached hydrogens (tertiary/aromatic N) is 2. The van der Waals surface area contributed by atoms with Gasteiger partial charge in [-0.2, -0.15) is 0 Å². The molecule has 0 N–H and O–H groups in total. The summed E-state index contributed by atoms with van der Waals surface area (Å²) in [6.45, 7) is 9.98. The standard InChI is InChI=1S/C60H48N2Si2/c1-63(2)55-27-15-11-23-51(55)61(52-24-12-16-28-56(52)63)45-36-38-48-49(39-45)59(43-21-9-6-10-22-43)47-37-35-46(40-50(47)60(48)44-33-31-42(32-34-44)41-19-7-5-8-20-41)62-53-25-13-17-29-57(53)64(3,4)58-30-18-14-26-54(58)62/h5-40H,1-4H3. The van der Waals surface area contributed by atoms with Crippen molar-refractivity contribution in [3.63, 3.8) is 0 Å². The molecule has 2 aliphatic heterocycles. The maximum absolute atomic E-state index is 2.52. The van der Waals surface area contributed by atoms with E-state index in [4.69, 9.17) is 0 Å². The smallest absolute Gasteiger partial charge is 0.117 e. The van der Waals surface area contributed by atoms with Crippen molar-refractivity contribution in [2.75, 3.05) is 9.80 Å². The monoisotopic (exact) mass is 852 g/mol. The summed E-state index contributed by atoms with van der Waals surface area (Å²) in [5.41, 5.74) is 14.8. The molecular formula is C60H48N2Si2. The predicted octanol–water partition coefficient (Wildman–Crippen LogP) is 14.2. The van der Waals surface area contributed by atoms with Gasteiger partial charge in [0.05, 0.1) is 0 Å². The van der Waals surface area contributed by atoms with Gasteiger partial charge in [-0.05, 0) is 124 Å². The van der Waals surface area contributed by atoms with Gasteiger partial charge in [0.15, 0.2) is 0 Å². The Balaban J connectivity index is 1.16. The second-order valence-electron chi connectivity index (χ2n) is 18.5. The van der Waals surface area contributed by atoms with Gasteiger partial charge in [0.25, 0.3) is 0 Å². The van der Waals surface area contributed by atoms with Crippen LogP contribution in [0, 0.1) is 0 Å². The Morgan fingerprint density at radius 1 is 0.266 bits per heavy atom. The minimum Gasteiger partial charge on any atom is -0.311 e. The third-order valence-corrected chi connectivity index (χ3v) is 21.3. The predicted molar refractivity (Wildman–Crippen MR) is 281 cm³/mol. The molecule has 306 valence electrons. The van der Waals surface area contributed by atoms with E-state index in [0.29, 0.717) is 0 Å². The number of para-hydroxylation sites is 4. The average molecular weight is 853 g/mol. The van der Waals surface area contributed by atoms with Crippen molar-refractivity contribution in [2.24, 2.45) is 0 Å². The molecule has 2 nitrogen and oxygen atoms in total. The largest absolute Gasteiger partial charge is 0.311 e. The Bertz CT molecular complexity index is 3350. The lowest BCUT2D eigenvalue weighted by Gasteiger charge is -2.41. The first-order valence-electron chi connectivity index (χ1n) is 22.5. The average Bonchev–Trinajstić information content (AvgIpc) is 3.34. The summed E-state index contributed by atoms with van der Waals surface area (Å²) < 4.78 is 0. The Morgan fingerprint density at radius 2 is 0.562 bits per heavy atom. The van der Waals surface area contributed by atoms with Crippen molar-refractivity contribution in [1.29, 1.82) is 0 Å². The molecule has 12 rings (SSSR count). The van der Waals surface area contributed by atoms with E-state index in [2.05, 4.69) is 254 Å². The van der Waals surface area contributed by atoms with Gasteiger partial charge in [0.2, 0.25) is 0 Å². The Hall–Kier alpha value is -7.25. The first-order valence-corrected chi connectivity index (χ1v) is 28.5. The zero-order valence-electron chi connectivity index (χ0n) is 36.7. The van der Waals surface area contributed by atoms with E-state index < -0.39 is 16.1 Å². The van der Waals surface area contributed by atoms with Crippen LogP contribution >= 0.6 is 0 Å². The van der Waals surface area contributed by atoms with Crippen molar-refractivity contribution in [3.8, 4) is 33.4 Å². The number of hydrogen-bond acceptors (Lipinski definition) is 2. The third kappa shape index (κ3) is 5.83. The lowest BCUT2D eigenvalue weighted by atomic mass is 9.85. The second kappa shape index (κ2) is 14.7. The molecule has 0 unspecified atom stereocenters. The molecule has 0 atom stereocenters. The number of rotatable bonds is 5. The van der Waals surface area contributed by atoms with Crippen molar-refractivity contribution < 1.29 is 0 Å². The fourth-order valence-corrected chi connectivity index (χ4v) is 17.0. The zero-order chi connectivity index (χ0) is 43.2. The molecule has 0 aliphatic carbocycles. The van der Waals surface area contributed by atoms with E-state index in [1.807, 2.05) is 0 Å². The summed E-state index contributed by atoms with van der Waals surface area (Å²) in [7, 11) is -3.92. The summed E-state index contributed by atoms with van der Waals surface area (Å²) in [5.74, 6) is 0. The van der Waals surface area contributed by atoms with Gasteiger partial charge in [-0.15, -0.1) is 0 Å². The highest BCUT2D eigenvalue weighted by molar-refractivity contribution is 7.03. The van der Waals surface area contributed by atoms with E-state index in [0.717, 1.165) is 0 Å². The molecule has 0 bridgehead atoms. The Morgan fingerprint density at radius 3 is 0.953 bits per heavy atom. The maximum atomic E-state index is 2.52. The molecule has 0 radical (unpaired) electrons. The quantitative estimate of drug-likeness (QED) is 0.126. The van der Waals surface area contributed by atoms with Crippen molar-refractivity contribution >= 4 is 92.6 Å². The number of benzene rings is 10. The van der Waals surface area contributed by atoms with Gasteiger partial charge in [-0.3, -0.25) is 0 Å². The van der Waals surface area contributed by atoms with Gasteiger partial charge in [-0.25, -0.2) is 0 Å². The molecule has 0 saturated heterocycles. The number of hydrogen-bond donors (Lipinski definition) is 0.